The zero-order chi connectivity index (χ0) is 23.7. The summed E-state index contributed by atoms with van der Waals surface area (Å²) in [6.07, 6.45) is 3.51. The van der Waals surface area contributed by atoms with Gasteiger partial charge in [-0.1, -0.05) is 18.2 Å². The van der Waals surface area contributed by atoms with Gasteiger partial charge >= 0.3 is 5.69 Å². The zero-order valence-corrected chi connectivity index (χ0v) is 19.4. The molecular weight excluding hydrogens is 428 g/mol. The standard InChI is InChI=1S/C27H24N4O3/c1-16-13-20-21(14-17(16)2)31(18-9-6-5-7-10-18)24(22-11-8-12-34-22)25-23-19(15-30(20)25)26(32)29(4)27(33)28(23)3/h5-15,24H,1-4H3. The van der Waals surface area contributed by atoms with Gasteiger partial charge in [-0.05, 0) is 61.4 Å². The van der Waals surface area contributed by atoms with Gasteiger partial charge in [0.1, 0.15) is 11.8 Å². The maximum Gasteiger partial charge on any atom is 0.331 e. The number of nitrogens with zero attached hydrogens (tertiary/aromatic N) is 4. The second-order valence-electron chi connectivity index (χ2n) is 8.90. The number of hydrogen-bond acceptors (Lipinski definition) is 4. The molecule has 1 aliphatic rings. The maximum absolute atomic E-state index is 13.2. The molecule has 0 saturated carbocycles. The summed E-state index contributed by atoms with van der Waals surface area (Å²) < 4.78 is 10.7. The molecule has 0 aliphatic carbocycles. The number of anilines is 2. The van der Waals surface area contributed by atoms with Gasteiger partial charge in [0.15, 0.2) is 0 Å². The van der Waals surface area contributed by atoms with Crippen LogP contribution in [0.15, 0.2) is 81.1 Å². The highest BCUT2D eigenvalue weighted by molar-refractivity contribution is 5.89. The van der Waals surface area contributed by atoms with Crippen LogP contribution in [0.3, 0.4) is 0 Å². The molecule has 170 valence electrons. The molecule has 1 unspecified atom stereocenters. The Kier molecular flexibility index (Phi) is 4.26. The van der Waals surface area contributed by atoms with Crippen molar-refractivity contribution in [2.75, 3.05) is 4.90 Å². The summed E-state index contributed by atoms with van der Waals surface area (Å²) in [6.45, 7) is 4.18. The molecule has 1 aliphatic heterocycles. The van der Waals surface area contributed by atoms with Crippen molar-refractivity contribution in [1.82, 2.24) is 13.7 Å². The fraction of sp³-hybridized carbons (Fsp3) is 0.185. The first-order valence-corrected chi connectivity index (χ1v) is 11.2. The van der Waals surface area contributed by atoms with Crippen LogP contribution in [0.5, 0.6) is 0 Å². The summed E-state index contributed by atoms with van der Waals surface area (Å²) in [5, 5.41) is 0.496. The fourth-order valence-corrected chi connectivity index (χ4v) is 5.09. The average molecular weight is 453 g/mol. The quantitative estimate of drug-likeness (QED) is 0.396. The largest absolute Gasteiger partial charge is 0.467 e. The van der Waals surface area contributed by atoms with Gasteiger partial charge in [-0.25, -0.2) is 4.79 Å². The Bertz CT molecular complexity index is 1690. The van der Waals surface area contributed by atoms with Gasteiger partial charge in [0.2, 0.25) is 0 Å². The summed E-state index contributed by atoms with van der Waals surface area (Å²) >= 11 is 0. The molecule has 0 spiro atoms. The van der Waals surface area contributed by atoms with E-state index >= 15 is 0 Å². The lowest BCUT2D eigenvalue weighted by Crippen LogP contribution is -2.37. The summed E-state index contributed by atoms with van der Waals surface area (Å²) in [5.41, 5.74) is 6.02. The minimum atomic E-state index is -0.387. The number of rotatable bonds is 2. The number of hydrogen-bond donors (Lipinski definition) is 0. The van der Waals surface area contributed by atoms with E-state index < -0.39 is 0 Å². The molecule has 1 atom stereocenters. The Hall–Kier alpha value is -4.26. The lowest BCUT2D eigenvalue weighted by molar-refractivity contribution is 0.478. The highest BCUT2D eigenvalue weighted by Gasteiger charge is 2.38. The third-order valence-electron chi connectivity index (χ3n) is 6.93. The van der Waals surface area contributed by atoms with Gasteiger partial charge in [0.05, 0.1) is 34.2 Å². The first-order valence-electron chi connectivity index (χ1n) is 11.2. The van der Waals surface area contributed by atoms with Crippen molar-refractivity contribution < 1.29 is 4.42 Å². The Morgan fingerprint density at radius 2 is 1.56 bits per heavy atom. The molecule has 2 aromatic carbocycles. The second-order valence-corrected chi connectivity index (χ2v) is 8.90. The van der Waals surface area contributed by atoms with Crippen molar-refractivity contribution in [3.8, 4) is 5.69 Å². The smallest absolute Gasteiger partial charge is 0.331 e. The highest BCUT2D eigenvalue weighted by atomic mass is 16.3. The molecule has 4 heterocycles. The molecule has 7 heteroatoms. The number of para-hydroxylation sites is 1. The number of fused-ring (bicyclic) bond motifs is 5. The first-order chi connectivity index (χ1) is 16.4. The van der Waals surface area contributed by atoms with Crippen molar-refractivity contribution in [3.05, 3.63) is 110 Å². The van der Waals surface area contributed by atoms with Crippen LogP contribution in [0.4, 0.5) is 11.4 Å². The van der Waals surface area contributed by atoms with Crippen molar-refractivity contribution >= 4 is 22.3 Å². The zero-order valence-electron chi connectivity index (χ0n) is 19.4. The van der Waals surface area contributed by atoms with Gasteiger partial charge in [-0.2, -0.15) is 0 Å². The van der Waals surface area contributed by atoms with E-state index in [0.29, 0.717) is 10.9 Å². The van der Waals surface area contributed by atoms with Crippen molar-refractivity contribution in [1.29, 1.82) is 0 Å². The lowest BCUT2D eigenvalue weighted by Gasteiger charge is -2.39. The SMILES string of the molecule is Cc1cc2c(cc1C)-n1cc3c(=O)n(C)c(=O)n(C)c3c1C(c1ccco1)N2c1ccccc1. The Balaban J connectivity index is 1.84. The van der Waals surface area contributed by atoms with Gasteiger partial charge in [0.25, 0.3) is 5.56 Å². The predicted molar refractivity (Wildman–Crippen MR) is 132 cm³/mol. The van der Waals surface area contributed by atoms with Crippen LogP contribution >= 0.6 is 0 Å². The molecule has 0 saturated heterocycles. The molecule has 3 aromatic heterocycles. The van der Waals surface area contributed by atoms with Crippen LogP contribution < -0.4 is 16.1 Å². The minimum absolute atomic E-state index is 0.310. The van der Waals surface area contributed by atoms with E-state index in [0.717, 1.165) is 38.6 Å². The number of benzene rings is 2. The highest BCUT2D eigenvalue weighted by Crippen LogP contribution is 2.49. The third kappa shape index (κ3) is 2.64. The molecule has 0 bridgehead atoms. The van der Waals surface area contributed by atoms with Crippen molar-refractivity contribution in [2.24, 2.45) is 14.1 Å². The molecular formula is C27H24N4O3. The Morgan fingerprint density at radius 3 is 2.24 bits per heavy atom. The fourth-order valence-electron chi connectivity index (χ4n) is 5.09. The monoisotopic (exact) mass is 452 g/mol. The minimum Gasteiger partial charge on any atom is -0.467 e. The predicted octanol–water partition coefficient (Wildman–Crippen LogP) is 4.48. The van der Waals surface area contributed by atoms with E-state index in [-0.39, 0.29) is 17.3 Å². The maximum atomic E-state index is 13.2. The average Bonchev–Trinajstić information content (AvgIpc) is 3.51. The van der Waals surface area contributed by atoms with Crippen LogP contribution in [0.1, 0.15) is 28.6 Å². The lowest BCUT2D eigenvalue weighted by atomic mass is 9.98. The molecule has 7 nitrogen and oxygen atoms in total. The topological polar surface area (TPSA) is 65.3 Å². The summed E-state index contributed by atoms with van der Waals surface area (Å²) in [6, 6.07) is 17.9. The third-order valence-corrected chi connectivity index (χ3v) is 6.93. The van der Waals surface area contributed by atoms with Crippen molar-refractivity contribution in [2.45, 2.75) is 19.9 Å². The second kappa shape index (κ2) is 7.12. The Labute approximate surface area is 195 Å². The number of aryl methyl sites for hydroxylation is 3. The Morgan fingerprint density at radius 1 is 0.853 bits per heavy atom. The van der Waals surface area contributed by atoms with Crippen LogP contribution in [0, 0.1) is 13.8 Å². The molecule has 0 fully saturated rings. The molecule has 0 N–H and O–H groups in total. The van der Waals surface area contributed by atoms with Gasteiger partial charge in [-0.3, -0.25) is 13.9 Å². The van der Waals surface area contributed by atoms with Crippen molar-refractivity contribution in [3.63, 3.8) is 0 Å². The first kappa shape index (κ1) is 20.4. The van der Waals surface area contributed by atoms with E-state index in [1.165, 1.54) is 12.6 Å². The van der Waals surface area contributed by atoms with E-state index in [9.17, 15) is 9.59 Å². The van der Waals surface area contributed by atoms with Crippen LogP contribution in [-0.4, -0.2) is 13.7 Å². The summed E-state index contributed by atoms with van der Waals surface area (Å²) in [4.78, 5) is 28.4. The molecule has 5 aromatic rings. The summed E-state index contributed by atoms with van der Waals surface area (Å²) in [5.74, 6) is 0.724. The molecule has 6 rings (SSSR count). The van der Waals surface area contributed by atoms with E-state index in [2.05, 4.69) is 47.6 Å². The van der Waals surface area contributed by atoms with Gasteiger partial charge < -0.3 is 13.9 Å². The summed E-state index contributed by atoms with van der Waals surface area (Å²) in [7, 11) is 3.23. The molecule has 0 amide bonds. The molecule has 0 radical (unpaired) electrons. The van der Waals surface area contributed by atoms with Crippen LogP contribution in [-0.2, 0) is 14.1 Å². The van der Waals surface area contributed by atoms with E-state index in [1.807, 2.05) is 36.5 Å². The number of aromatic nitrogens is 3. The van der Waals surface area contributed by atoms with E-state index in [1.54, 1.807) is 17.9 Å². The van der Waals surface area contributed by atoms with Gasteiger partial charge in [0, 0.05) is 26.0 Å². The molecule has 34 heavy (non-hydrogen) atoms. The van der Waals surface area contributed by atoms with Crippen LogP contribution in [0.25, 0.3) is 16.6 Å². The van der Waals surface area contributed by atoms with Gasteiger partial charge in [-0.15, -0.1) is 0 Å². The van der Waals surface area contributed by atoms with E-state index in [4.69, 9.17) is 4.42 Å². The normalized spacial score (nSPS) is 14.9. The van der Waals surface area contributed by atoms with Crippen LogP contribution in [0.2, 0.25) is 0 Å². The number of furan rings is 1.